The summed E-state index contributed by atoms with van der Waals surface area (Å²) in [6.07, 6.45) is 44.5. The van der Waals surface area contributed by atoms with E-state index in [1.807, 2.05) is 0 Å². The molecule has 2 fully saturated rings. The van der Waals surface area contributed by atoms with Crippen LogP contribution < -0.4 is 0 Å². The highest BCUT2D eigenvalue weighted by atomic mass is 15.2. The van der Waals surface area contributed by atoms with E-state index in [0.29, 0.717) is 0 Å². The van der Waals surface area contributed by atoms with E-state index in [1.54, 1.807) is 0 Å². The van der Waals surface area contributed by atoms with Crippen molar-refractivity contribution in [3.05, 3.63) is 0 Å². The Balaban J connectivity index is 1.85. The van der Waals surface area contributed by atoms with Gasteiger partial charge in [0.15, 0.2) is 0 Å². The lowest BCUT2D eigenvalue weighted by Gasteiger charge is -2.36. The van der Waals surface area contributed by atoms with Gasteiger partial charge in [-0.15, -0.1) is 0 Å². The summed E-state index contributed by atoms with van der Waals surface area (Å²) in [5.41, 5.74) is 0. The van der Waals surface area contributed by atoms with E-state index in [-0.39, 0.29) is 0 Å². The van der Waals surface area contributed by atoms with Crippen LogP contribution >= 0.6 is 0 Å². The van der Waals surface area contributed by atoms with Gasteiger partial charge in [-0.3, -0.25) is 0 Å². The Morgan fingerprint density at radius 2 is 0.412 bits per heavy atom. The Kier molecular flexibility index (Phi) is 19.7. The van der Waals surface area contributed by atoms with Crippen molar-refractivity contribution in [1.82, 2.24) is 4.90 Å². The van der Waals surface area contributed by atoms with Gasteiger partial charge in [-0.2, -0.15) is 0 Å². The number of rotatable bonds is 2. The van der Waals surface area contributed by atoms with Crippen LogP contribution in [-0.2, 0) is 0 Å². The fourth-order valence-corrected chi connectivity index (χ4v) is 6.81. The zero-order valence-corrected chi connectivity index (χ0v) is 23.8. The smallest absolute Gasteiger partial charge is 0.00951 e. The van der Waals surface area contributed by atoms with Crippen molar-refractivity contribution in [2.24, 2.45) is 0 Å². The Bertz CT molecular complexity index is 349. The molecule has 0 bridgehead atoms. The maximum atomic E-state index is 2.92. The lowest BCUT2D eigenvalue weighted by molar-refractivity contribution is 0.131. The van der Waals surface area contributed by atoms with Crippen molar-refractivity contribution >= 4 is 0 Å². The minimum atomic E-state index is 0.850. The van der Waals surface area contributed by atoms with Crippen LogP contribution in [0.25, 0.3) is 0 Å². The molecular weight excluding hydrogens is 410 g/mol. The molecule has 0 aromatic heterocycles. The van der Waals surface area contributed by atoms with Crippen LogP contribution in [-0.4, -0.2) is 24.0 Å². The monoisotopic (exact) mass is 476 g/mol. The fourth-order valence-electron chi connectivity index (χ4n) is 6.81. The first kappa shape index (κ1) is 30.2. The Morgan fingerprint density at radius 3 is 0.588 bits per heavy atom. The largest absolute Gasteiger partial charge is 0.300 e. The Morgan fingerprint density at radius 1 is 0.265 bits per heavy atom. The molecule has 0 heterocycles. The van der Waals surface area contributed by atoms with Crippen molar-refractivity contribution < 1.29 is 0 Å². The highest BCUT2D eigenvalue weighted by molar-refractivity contribution is 4.78. The summed E-state index contributed by atoms with van der Waals surface area (Å²) in [7, 11) is 2.53. The third-order valence-corrected chi connectivity index (χ3v) is 9.30. The van der Waals surface area contributed by atoms with Crippen molar-refractivity contribution in [1.29, 1.82) is 0 Å². The molecule has 0 unspecified atom stereocenters. The summed E-state index contributed by atoms with van der Waals surface area (Å²) in [6.45, 7) is 0. The van der Waals surface area contributed by atoms with E-state index in [2.05, 4.69) is 11.9 Å². The predicted molar refractivity (Wildman–Crippen MR) is 154 cm³/mol. The molecule has 0 amide bonds. The molecule has 0 aromatic carbocycles. The predicted octanol–water partition coefficient (Wildman–Crippen LogP) is 11.4. The molecule has 2 saturated carbocycles. The van der Waals surface area contributed by atoms with Gasteiger partial charge in [-0.1, -0.05) is 167 Å². The van der Waals surface area contributed by atoms with Crippen LogP contribution in [0.5, 0.6) is 0 Å². The van der Waals surface area contributed by atoms with Gasteiger partial charge < -0.3 is 4.90 Å². The number of hydrogen-bond acceptors (Lipinski definition) is 1. The molecule has 202 valence electrons. The van der Waals surface area contributed by atoms with E-state index in [4.69, 9.17) is 0 Å². The average Bonchev–Trinajstić information content (AvgIpc) is 2.84. The molecule has 2 aliphatic carbocycles. The van der Waals surface area contributed by atoms with E-state index >= 15 is 0 Å². The molecule has 2 aliphatic rings. The van der Waals surface area contributed by atoms with Gasteiger partial charge in [0.2, 0.25) is 0 Å². The molecule has 0 aromatic rings. The van der Waals surface area contributed by atoms with Gasteiger partial charge in [-0.25, -0.2) is 0 Å². The van der Waals surface area contributed by atoms with E-state index in [9.17, 15) is 0 Å². The van der Waals surface area contributed by atoms with Crippen LogP contribution in [0.2, 0.25) is 0 Å². The molecule has 0 N–H and O–H groups in total. The van der Waals surface area contributed by atoms with Gasteiger partial charge in [0.1, 0.15) is 0 Å². The fraction of sp³-hybridized carbons (Fsp3) is 1.00. The summed E-state index contributed by atoms with van der Waals surface area (Å²) in [6, 6.07) is 1.70. The normalized spacial score (nSPS) is 25.2. The lowest BCUT2D eigenvalue weighted by Crippen LogP contribution is -2.40. The summed E-state index contributed by atoms with van der Waals surface area (Å²) in [5.74, 6) is 0. The van der Waals surface area contributed by atoms with Crippen molar-refractivity contribution in [2.45, 2.75) is 205 Å². The molecule has 0 atom stereocenters. The second kappa shape index (κ2) is 22.2. The summed E-state index contributed by atoms with van der Waals surface area (Å²) in [4.78, 5) is 2.92. The molecular formula is C33H65N. The van der Waals surface area contributed by atoms with Gasteiger partial charge in [0.25, 0.3) is 0 Å². The molecule has 2 rings (SSSR count). The second-order valence-electron chi connectivity index (χ2n) is 12.3. The van der Waals surface area contributed by atoms with E-state index in [1.165, 1.54) is 193 Å². The average molecular weight is 476 g/mol. The zero-order valence-electron chi connectivity index (χ0n) is 23.8. The zero-order chi connectivity index (χ0) is 23.9. The summed E-state index contributed by atoms with van der Waals surface area (Å²) >= 11 is 0. The molecule has 0 saturated heterocycles. The first-order valence-electron chi connectivity index (χ1n) is 16.6. The minimum Gasteiger partial charge on any atom is -0.300 e. The Labute approximate surface area is 216 Å². The molecule has 1 heteroatoms. The highest BCUT2D eigenvalue weighted by Gasteiger charge is 2.22. The van der Waals surface area contributed by atoms with Crippen LogP contribution in [0, 0.1) is 0 Å². The number of nitrogens with zero attached hydrogens (tertiary/aromatic N) is 1. The third kappa shape index (κ3) is 15.9. The minimum absolute atomic E-state index is 0.850. The highest BCUT2D eigenvalue weighted by Crippen LogP contribution is 2.25. The quantitative estimate of drug-likeness (QED) is 0.384. The maximum Gasteiger partial charge on any atom is 0.00951 e. The van der Waals surface area contributed by atoms with Gasteiger partial charge in [0, 0.05) is 12.1 Å². The van der Waals surface area contributed by atoms with E-state index in [0.717, 1.165) is 12.1 Å². The molecule has 1 nitrogen and oxygen atoms in total. The topological polar surface area (TPSA) is 3.24 Å². The maximum absolute atomic E-state index is 2.92. The van der Waals surface area contributed by atoms with Crippen LogP contribution in [0.15, 0.2) is 0 Å². The molecule has 0 radical (unpaired) electrons. The standard InChI is InChI=1S/C33H65N/c1-34(32-28-24-20-16-12-8-4-2-5-9-13-17-21-25-29-32)33-30-26-22-18-14-10-6-3-7-11-15-19-23-27-31-33/h32-33H,2-31H2,1H3. The van der Waals surface area contributed by atoms with Crippen LogP contribution in [0.3, 0.4) is 0 Å². The summed E-state index contributed by atoms with van der Waals surface area (Å²) in [5, 5.41) is 0. The lowest BCUT2D eigenvalue weighted by atomic mass is 9.93. The molecule has 0 aliphatic heterocycles. The van der Waals surface area contributed by atoms with Crippen molar-refractivity contribution in [3.8, 4) is 0 Å². The molecule has 0 spiro atoms. The van der Waals surface area contributed by atoms with Crippen LogP contribution in [0.1, 0.15) is 193 Å². The SMILES string of the molecule is CN(C1CCCCCCCCCCCCCCC1)C1CCCCCCCCCCCCCCC1. The first-order chi connectivity index (χ1) is 16.9. The second-order valence-corrected chi connectivity index (χ2v) is 12.3. The van der Waals surface area contributed by atoms with Gasteiger partial charge in [-0.05, 0) is 32.7 Å². The summed E-state index contributed by atoms with van der Waals surface area (Å²) < 4.78 is 0. The van der Waals surface area contributed by atoms with Crippen molar-refractivity contribution in [3.63, 3.8) is 0 Å². The first-order valence-corrected chi connectivity index (χ1v) is 16.6. The van der Waals surface area contributed by atoms with Gasteiger partial charge in [0.05, 0.1) is 0 Å². The third-order valence-electron chi connectivity index (χ3n) is 9.30. The van der Waals surface area contributed by atoms with Crippen LogP contribution in [0.4, 0.5) is 0 Å². The van der Waals surface area contributed by atoms with Gasteiger partial charge >= 0.3 is 0 Å². The number of hydrogen-bond donors (Lipinski definition) is 0. The Hall–Kier alpha value is -0.0400. The van der Waals surface area contributed by atoms with Crippen molar-refractivity contribution in [2.75, 3.05) is 7.05 Å². The molecule has 34 heavy (non-hydrogen) atoms. The van der Waals surface area contributed by atoms with E-state index < -0.39 is 0 Å².